The van der Waals surface area contributed by atoms with Gasteiger partial charge in [0.05, 0.1) is 21.6 Å². The molecule has 2 aliphatic rings. The van der Waals surface area contributed by atoms with Crippen LogP contribution in [0.4, 0.5) is 17.1 Å². The van der Waals surface area contributed by atoms with Gasteiger partial charge in [0.2, 0.25) is 5.91 Å². The van der Waals surface area contributed by atoms with E-state index in [0.717, 1.165) is 18.4 Å². The van der Waals surface area contributed by atoms with Crippen LogP contribution in [0.1, 0.15) is 41.6 Å². The summed E-state index contributed by atoms with van der Waals surface area (Å²) in [5, 5.41) is 16.8. The highest BCUT2D eigenvalue weighted by Crippen LogP contribution is 2.51. The van der Waals surface area contributed by atoms with Crippen LogP contribution in [0.3, 0.4) is 0 Å². The van der Waals surface area contributed by atoms with E-state index in [1.165, 1.54) is 18.5 Å². The van der Waals surface area contributed by atoms with Crippen LogP contribution in [0.2, 0.25) is 0 Å². The summed E-state index contributed by atoms with van der Waals surface area (Å²) < 4.78 is 0. The molecule has 1 spiro atoms. The number of nitrogens with one attached hydrogen (secondary N) is 2. The van der Waals surface area contributed by atoms with Crippen molar-refractivity contribution < 1.29 is 14.5 Å². The molecule has 2 N–H and O–H groups in total. The molecule has 2 heterocycles. The molecular formula is C18H16N4O4. The van der Waals surface area contributed by atoms with Crippen molar-refractivity contribution in [2.45, 2.75) is 31.1 Å². The second kappa shape index (κ2) is 5.91. The molecule has 1 saturated carbocycles. The van der Waals surface area contributed by atoms with Gasteiger partial charge in [-0.3, -0.25) is 24.7 Å². The van der Waals surface area contributed by atoms with Crippen molar-refractivity contribution in [1.82, 2.24) is 4.98 Å². The zero-order valence-corrected chi connectivity index (χ0v) is 13.8. The van der Waals surface area contributed by atoms with Crippen molar-refractivity contribution in [3.63, 3.8) is 0 Å². The Labute approximate surface area is 148 Å². The van der Waals surface area contributed by atoms with Gasteiger partial charge in [0.15, 0.2) is 0 Å². The summed E-state index contributed by atoms with van der Waals surface area (Å²) in [6, 6.07) is 6.09. The van der Waals surface area contributed by atoms with Gasteiger partial charge < -0.3 is 10.6 Å². The van der Waals surface area contributed by atoms with Crippen molar-refractivity contribution in [3.8, 4) is 0 Å². The Bertz CT molecular complexity index is 920. The van der Waals surface area contributed by atoms with E-state index in [2.05, 4.69) is 15.6 Å². The Morgan fingerprint density at radius 1 is 1.31 bits per heavy atom. The van der Waals surface area contributed by atoms with E-state index >= 15 is 0 Å². The SMILES string of the molecule is O=C(Nc1cc2c(cc1[N+](=O)[O-])NC(=O)C21CCCC1)c1cccnc1. The van der Waals surface area contributed by atoms with E-state index in [0.29, 0.717) is 24.1 Å². The predicted octanol–water partition coefficient (Wildman–Crippen LogP) is 3.01. The molecular weight excluding hydrogens is 336 g/mol. The molecule has 8 nitrogen and oxygen atoms in total. The molecule has 1 aromatic carbocycles. The number of hydrogen-bond acceptors (Lipinski definition) is 5. The smallest absolute Gasteiger partial charge is 0.294 e. The average molecular weight is 352 g/mol. The molecule has 0 saturated heterocycles. The summed E-state index contributed by atoms with van der Waals surface area (Å²) in [5.74, 6) is -0.603. The minimum Gasteiger partial charge on any atom is -0.325 e. The van der Waals surface area contributed by atoms with Crippen LogP contribution in [0.5, 0.6) is 0 Å². The number of benzene rings is 1. The lowest BCUT2D eigenvalue weighted by Gasteiger charge is -2.21. The Hall–Kier alpha value is -3.29. The zero-order chi connectivity index (χ0) is 18.3. The maximum absolute atomic E-state index is 12.5. The number of carbonyl (C=O) groups excluding carboxylic acids is 2. The number of carbonyl (C=O) groups is 2. The van der Waals surface area contributed by atoms with Crippen LogP contribution < -0.4 is 10.6 Å². The molecule has 1 aliphatic heterocycles. The molecule has 0 bridgehead atoms. The lowest BCUT2D eigenvalue weighted by atomic mass is 9.80. The predicted molar refractivity (Wildman–Crippen MR) is 94.1 cm³/mol. The topological polar surface area (TPSA) is 114 Å². The third kappa shape index (κ3) is 2.42. The summed E-state index contributed by atoms with van der Waals surface area (Å²) in [5.41, 5.74) is 0.682. The number of aromatic nitrogens is 1. The molecule has 26 heavy (non-hydrogen) atoms. The molecule has 2 aromatic rings. The van der Waals surface area contributed by atoms with Gasteiger partial charge in [0.25, 0.3) is 11.6 Å². The number of fused-ring (bicyclic) bond motifs is 2. The maximum atomic E-state index is 12.5. The Balaban J connectivity index is 1.77. The first-order valence-corrected chi connectivity index (χ1v) is 8.37. The summed E-state index contributed by atoms with van der Waals surface area (Å²) in [6.45, 7) is 0. The van der Waals surface area contributed by atoms with Crippen LogP contribution in [0.15, 0.2) is 36.7 Å². The quantitative estimate of drug-likeness (QED) is 0.651. The third-order valence-corrected chi connectivity index (χ3v) is 5.16. The molecule has 0 radical (unpaired) electrons. The molecule has 1 fully saturated rings. The molecule has 0 unspecified atom stereocenters. The van der Waals surface area contributed by atoms with Crippen LogP contribution in [0, 0.1) is 10.1 Å². The first-order chi connectivity index (χ1) is 12.5. The van der Waals surface area contributed by atoms with Gasteiger partial charge >= 0.3 is 0 Å². The minimum absolute atomic E-state index is 0.0883. The summed E-state index contributed by atoms with van der Waals surface area (Å²) in [7, 11) is 0. The van der Waals surface area contributed by atoms with Gasteiger partial charge in [-0.2, -0.15) is 0 Å². The van der Waals surface area contributed by atoms with E-state index in [9.17, 15) is 19.7 Å². The molecule has 1 aliphatic carbocycles. The molecule has 1 aromatic heterocycles. The van der Waals surface area contributed by atoms with Crippen LogP contribution in [-0.4, -0.2) is 21.7 Å². The van der Waals surface area contributed by atoms with Gasteiger partial charge in [-0.15, -0.1) is 0 Å². The minimum atomic E-state index is -0.641. The largest absolute Gasteiger partial charge is 0.325 e. The van der Waals surface area contributed by atoms with Crippen molar-refractivity contribution in [2.75, 3.05) is 10.6 Å². The fourth-order valence-corrected chi connectivity index (χ4v) is 3.87. The number of nitro groups is 1. The van der Waals surface area contributed by atoms with Crippen molar-refractivity contribution >= 4 is 28.9 Å². The summed E-state index contributed by atoms with van der Waals surface area (Å²) >= 11 is 0. The molecule has 8 heteroatoms. The van der Waals surface area contributed by atoms with Gasteiger partial charge in [-0.25, -0.2) is 0 Å². The molecule has 4 rings (SSSR count). The number of nitro benzene ring substituents is 1. The maximum Gasteiger partial charge on any atom is 0.294 e. The number of rotatable bonds is 3. The number of pyridine rings is 1. The second-order valence-electron chi connectivity index (χ2n) is 6.61. The Morgan fingerprint density at radius 2 is 2.08 bits per heavy atom. The van der Waals surface area contributed by atoms with Gasteiger partial charge in [-0.05, 0) is 36.6 Å². The second-order valence-corrected chi connectivity index (χ2v) is 6.61. The summed E-state index contributed by atoms with van der Waals surface area (Å²) in [4.78, 5) is 39.7. The van der Waals surface area contributed by atoms with E-state index in [1.807, 2.05) is 0 Å². The first kappa shape index (κ1) is 16.2. The summed E-state index contributed by atoms with van der Waals surface area (Å²) in [6.07, 6.45) is 6.20. The van der Waals surface area contributed by atoms with Crippen LogP contribution in [0.25, 0.3) is 0 Å². The molecule has 2 amide bonds. The fraction of sp³-hybridized carbons (Fsp3) is 0.278. The van der Waals surface area contributed by atoms with Crippen molar-refractivity contribution in [1.29, 1.82) is 0 Å². The average Bonchev–Trinajstić information content (AvgIpc) is 3.22. The standard InChI is InChI=1S/C18H16N4O4/c23-16(11-4-3-7-19-10-11)20-14-8-12-13(9-15(14)22(25)26)21-17(24)18(12)5-1-2-6-18/h3-4,7-10H,1-2,5-6H2,(H,20,23)(H,21,24). The number of hydrogen-bond donors (Lipinski definition) is 2. The van der Waals surface area contributed by atoms with Crippen LogP contribution in [-0.2, 0) is 10.2 Å². The highest BCUT2D eigenvalue weighted by atomic mass is 16.6. The normalized spacial score (nSPS) is 17.0. The number of anilines is 2. The number of amides is 2. The Kier molecular flexibility index (Phi) is 3.68. The Morgan fingerprint density at radius 3 is 2.73 bits per heavy atom. The monoisotopic (exact) mass is 352 g/mol. The van der Waals surface area contributed by atoms with E-state index in [-0.39, 0.29) is 17.3 Å². The highest BCUT2D eigenvalue weighted by molar-refractivity contribution is 6.09. The lowest BCUT2D eigenvalue weighted by Crippen LogP contribution is -2.31. The highest BCUT2D eigenvalue weighted by Gasteiger charge is 2.49. The van der Waals surface area contributed by atoms with E-state index in [4.69, 9.17) is 0 Å². The zero-order valence-electron chi connectivity index (χ0n) is 13.8. The molecule has 0 atom stereocenters. The van der Waals surface area contributed by atoms with Gasteiger partial charge in [0.1, 0.15) is 5.69 Å². The number of nitrogens with zero attached hydrogens (tertiary/aromatic N) is 2. The van der Waals surface area contributed by atoms with Crippen molar-refractivity contribution in [2.24, 2.45) is 0 Å². The first-order valence-electron chi connectivity index (χ1n) is 8.37. The van der Waals surface area contributed by atoms with E-state index < -0.39 is 16.2 Å². The lowest BCUT2D eigenvalue weighted by molar-refractivity contribution is -0.383. The third-order valence-electron chi connectivity index (χ3n) is 5.16. The van der Waals surface area contributed by atoms with Gasteiger partial charge in [-0.1, -0.05) is 12.8 Å². The van der Waals surface area contributed by atoms with Crippen molar-refractivity contribution in [3.05, 3.63) is 57.9 Å². The van der Waals surface area contributed by atoms with E-state index in [1.54, 1.807) is 18.2 Å². The van der Waals surface area contributed by atoms with Crippen LogP contribution >= 0.6 is 0 Å². The molecule has 132 valence electrons. The van der Waals surface area contributed by atoms with Gasteiger partial charge in [0, 0.05) is 18.5 Å². The fourth-order valence-electron chi connectivity index (χ4n) is 3.87.